The third-order valence-electron chi connectivity index (χ3n) is 4.02. The number of nitrogens with one attached hydrogen (secondary N) is 1. The fourth-order valence-electron chi connectivity index (χ4n) is 2.92. The average Bonchev–Trinajstić information content (AvgIpc) is 2.50. The van der Waals surface area contributed by atoms with Gasteiger partial charge in [-0.2, -0.15) is 0 Å². The largest absolute Gasteiger partial charge is 0.573 e. The molecule has 146 valence electrons. The molecule has 0 aromatic heterocycles. The summed E-state index contributed by atoms with van der Waals surface area (Å²) in [6.07, 6.45) is -2.01. The number of halogens is 5. The molecule has 2 N–H and O–H groups in total. The van der Waals surface area contributed by atoms with Crippen LogP contribution >= 0.6 is 24.8 Å². The number of rotatable bonds is 6. The number of phenols is 1. The number of piperazine rings is 1. The summed E-state index contributed by atoms with van der Waals surface area (Å²) in [5, 5.41) is 13.4. The molecule has 0 bridgehead atoms. The quantitative estimate of drug-likeness (QED) is 0.742. The van der Waals surface area contributed by atoms with Gasteiger partial charge in [0.05, 0.1) is 0 Å². The molecule has 1 aromatic carbocycles. The van der Waals surface area contributed by atoms with Gasteiger partial charge in [0.2, 0.25) is 0 Å². The van der Waals surface area contributed by atoms with Crippen LogP contribution in [0.25, 0.3) is 0 Å². The lowest BCUT2D eigenvalue weighted by Crippen LogP contribution is -2.45. The Bertz CT molecular complexity index is 513. The van der Waals surface area contributed by atoms with Gasteiger partial charge in [0, 0.05) is 37.8 Å². The first kappa shape index (κ1) is 24.1. The number of phenolic OH excluding ortho intramolecular Hbond substituents is 1. The number of aromatic hydroxyl groups is 1. The maximum absolute atomic E-state index is 12.4. The van der Waals surface area contributed by atoms with Gasteiger partial charge >= 0.3 is 6.36 Å². The zero-order valence-corrected chi connectivity index (χ0v) is 15.6. The molecule has 1 saturated heterocycles. The van der Waals surface area contributed by atoms with E-state index in [2.05, 4.69) is 21.9 Å². The highest BCUT2D eigenvalue weighted by molar-refractivity contribution is 5.85. The number of ether oxygens (including phenoxy) is 1. The molecule has 25 heavy (non-hydrogen) atoms. The molecule has 0 saturated carbocycles. The lowest BCUT2D eigenvalue weighted by molar-refractivity contribution is -0.274. The Morgan fingerprint density at radius 3 is 2.44 bits per heavy atom. The number of hydrogen-bond acceptors (Lipinski definition) is 4. The molecule has 0 radical (unpaired) electrons. The molecule has 2 rings (SSSR count). The topological polar surface area (TPSA) is 44.7 Å². The van der Waals surface area contributed by atoms with Gasteiger partial charge in [-0.05, 0) is 24.6 Å². The molecule has 0 spiro atoms. The normalized spacial score (nSPS) is 16.5. The monoisotopic (exact) mass is 404 g/mol. The Morgan fingerprint density at radius 1 is 1.24 bits per heavy atom. The van der Waals surface area contributed by atoms with E-state index in [1.165, 1.54) is 12.1 Å². The van der Waals surface area contributed by atoms with Gasteiger partial charge in [0.15, 0.2) is 0 Å². The van der Waals surface area contributed by atoms with Gasteiger partial charge in [-0.1, -0.05) is 19.8 Å². The number of benzene rings is 1. The van der Waals surface area contributed by atoms with Gasteiger partial charge in [-0.25, -0.2) is 0 Å². The van der Waals surface area contributed by atoms with E-state index in [4.69, 9.17) is 0 Å². The van der Waals surface area contributed by atoms with Crippen LogP contribution in [-0.4, -0.2) is 42.5 Å². The van der Waals surface area contributed by atoms with Gasteiger partial charge < -0.3 is 15.2 Å². The Balaban J connectivity index is 0.00000288. The number of nitrogens with zero attached hydrogens (tertiary/aromatic N) is 1. The Morgan fingerprint density at radius 2 is 1.88 bits per heavy atom. The van der Waals surface area contributed by atoms with Crippen LogP contribution in [0.3, 0.4) is 0 Å². The predicted octanol–water partition coefficient (Wildman–Crippen LogP) is 4.27. The highest BCUT2D eigenvalue weighted by Gasteiger charge is 2.32. The summed E-state index contributed by atoms with van der Waals surface area (Å²) in [5.74, 6) is -0.277. The summed E-state index contributed by atoms with van der Waals surface area (Å²) in [7, 11) is 0. The van der Waals surface area contributed by atoms with E-state index in [1.54, 1.807) is 0 Å². The lowest BCUT2D eigenvalue weighted by atomic mass is 9.97. The molecule has 0 amide bonds. The lowest BCUT2D eigenvalue weighted by Gasteiger charge is -2.35. The van der Waals surface area contributed by atoms with Crippen molar-refractivity contribution >= 4 is 24.8 Å². The first-order valence-corrected chi connectivity index (χ1v) is 7.94. The second-order valence-corrected chi connectivity index (χ2v) is 5.71. The van der Waals surface area contributed by atoms with Crippen molar-refractivity contribution in [1.29, 1.82) is 0 Å². The van der Waals surface area contributed by atoms with Crippen molar-refractivity contribution in [2.75, 3.05) is 26.2 Å². The van der Waals surface area contributed by atoms with Crippen LogP contribution < -0.4 is 10.1 Å². The van der Waals surface area contributed by atoms with Crippen LogP contribution in [0.15, 0.2) is 18.2 Å². The average molecular weight is 405 g/mol. The molecule has 0 aliphatic carbocycles. The van der Waals surface area contributed by atoms with Crippen molar-refractivity contribution in [3.8, 4) is 11.5 Å². The molecule has 1 aromatic rings. The minimum absolute atomic E-state index is 0. The van der Waals surface area contributed by atoms with Gasteiger partial charge in [0.1, 0.15) is 11.5 Å². The van der Waals surface area contributed by atoms with Crippen molar-refractivity contribution in [3.05, 3.63) is 23.8 Å². The van der Waals surface area contributed by atoms with Crippen LogP contribution in [0.1, 0.15) is 37.8 Å². The summed E-state index contributed by atoms with van der Waals surface area (Å²) in [5.41, 5.74) is 0.502. The molecule has 1 aliphatic heterocycles. The van der Waals surface area contributed by atoms with Crippen LogP contribution in [0, 0.1) is 0 Å². The third kappa shape index (κ3) is 7.48. The molecule has 1 aliphatic rings. The highest BCUT2D eigenvalue weighted by atomic mass is 35.5. The standard InChI is InChI=1S/C16H23F3N2O2.2ClH/c1-2-3-4-14(21-9-7-20-8-10-21)13-11-12(5-6-15(13)22)23-16(17,18)19;;/h5-6,11,14,20,22H,2-4,7-10H2,1H3;2*1H/t14-;;/m0../s1. The molecular weight excluding hydrogens is 380 g/mol. The van der Waals surface area contributed by atoms with Crippen molar-refractivity contribution in [1.82, 2.24) is 10.2 Å². The van der Waals surface area contributed by atoms with E-state index in [1.807, 2.05) is 0 Å². The predicted molar refractivity (Wildman–Crippen MR) is 96.0 cm³/mol. The number of hydrogen-bond donors (Lipinski definition) is 2. The fraction of sp³-hybridized carbons (Fsp3) is 0.625. The van der Waals surface area contributed by atoms with E-state index < -0.39 is 6.36 Å². The van der Waals surface area contributed by atoms with Crippen LogP contribution in [-0.2, 0) is 0 Å². The molecule has 9 heteroatoms. The van der Waals surface area contributed by atoms with Crippen molar-refractivity contribution in [2.24, 2.45) is 0 Å². The zero-order valence-electron chi connectivity index (χ0n) is 14.0. The second kappa shape index (κ2) is 11.0. The van der Waals surface area contributed by atoms with E-state index in [9.17, 15) is 18.3 Å². The maximum atomic E-state index is 12.4. The summed E-state index contributed by atoms with van der Waals surface area (Å²) >= 11 is 0. The van der Waals surface area contributed by atoms with E-state index in [-0.39, 0.29) is 42.4 Å². The summed E-state index contributed by atoms with van der Waals surface area (Å²) in [6.45, 7) is 5.35. The van der Waals surface area contributed by atoms with Gasteiger partial charge in [-0.3, -0.25) is 4.90 Å². The summed E-state index contributed by atoms with van der Waals surface area (Å²) in [4.78, 5) is 2.21. The Hall–Kier alpha value is -0.890. The molecular formula is C16H25Cl2F3N2O2. The molecule has 0 unspecified atom stereocenters. The van der Waals surface area contributed by atoms with E-state index in [0.717, 1.165) is 51.5 Å². The number of unbranched alkanes of at least 4 members (excludes halogenated alkanes) is 1. The minimum Gasteiger partial charge on any atom is -0.508 e. The van der Waals surface area contributed by atoms with E-state index >= 15 is 0 Å². The molecule has 1 heterocycles. The van der Waals surface area contributed by atoms with Gasteiger partial charge in [-0.15, -0.1) is 38.0 Å². The van der Waals surface area contributed by atoms with Crippen LogP contribution in [0.2, 0.25) is 0 Å². The van der Waals surface area contributed by atoms with Gasteiger partial charge in [0.25, 0.3) is 0 Å². The minimum atomic E-state index is -4.73. The maximum Gasteiger partial charge on any atom is 0.573 e. The second-order valence-electron chi connectivity index (χ2n) is 5.71. The molecule has 1 atom stereocenters. The van der Waals surface area contributed by atoms with Crippen molar-refractivity contribution in [3.63, 3.8) is 0 Å². The molecule has 4 nitrogen and oxygen atoms in total. The van der Waals surface area contributed by atoms with Crippen LogP contribution in [0.4, 0.5) is 13.2 Å². The van der Waals surface area contributed by atoms with Crippen LogP contribution in [0.5, 0.6) is 11.5 Å². The molecule has 1 fully saturated rings. The first-order chi connectivity index (χ1) is 10.9. The smallest absolute Gasteiger partial charge is 0.508 e. The first-order valence-electron chi connectivity index (χ1n) is 7.94. The Kier molecular flexibility index (Phi) is 10.6. The zero-order chi connectivity index (χ0) is 16.9. The summed E-state index contributed by atoms with van der Waals surface area (Å²) < 4.78 is 41.3. The number of alkyl halides is 3. The third-order valence-corrected chi connectivity index (χ3v) is 4.02. The van der Waals surface area contributed by atoms with Crippen molar-refractivity contribution < 1.29 is 23.0 Å². The Labute approximate surface area is 158 Å². The highest BCUT2D eigenvalue weighted by Crippen LogP contribution is 2.36. The van der Waals surface area contributed by atoms with E-state index in [0.29, 0.717) is 5.56 Å². The SMILES string of the molecule is CCCC[C@@H](c1cc(OC(F)(F)F)ccc1O)N1CCNCC1.Cl.Cl. The summed E-state index contributed by atoms with van der Waals surface area (Å²) in [6, 6.07) is 3.62. The fourth-order valence-corrected chi connectivity index (χ4v) is 2.92. The van der Waals surface area contributed by atoms with Crippen molar-refractivity contribution in [2.45, 2.75) is 38.6 Å².